The molecule has 1 aliphatic rings. The van der Waals surface area contributed by atoms with Crippen LogP contribution in [0.5, 0.6) is 0 Å². The molecule has 0 amide bonds. The van der Waals surface area contributed by atoms with Crippen molar-refractivity contribution in [1.29, 1.82) is 0 Å². The first kappa shape index (κ1) is 13.8. The molecular formula is C16H23N3. The third kappa shape index (κ3) is 3.67. The number of allylic oxidation sites excluding steroid dienone is 1. The first-order valence-electron chi connectivity index (χ1n) is 6.92. The van der Waals surface area contributed by atoms with Gasteiger partial charge >= 0.3 is 0 Å². The quantitative estimate of drug-likeness (QED) is 0.817. The van der Waals surface area contributed by atoms with Crippen molar-refractivity contribution >= 4 is 11.4 Å². The Morgan fingerprint density at radius 2 is 1.89 bits per heavy atom. The fourth-order valence-electron chi connectivity index (χ4n) is 2.47. The molecule has 1 heterocycles. The summed E-state index contributed by atoms with van der Waals surface area (Å²) in [7, 11) is 1.86. The van der Waals surface area contributed by atoms with Crippen molar-refractivity contribution in [2.24, 2.45) is 16.6 Å². The van der Waals surface area contributed by atoms with Gasteiger partial charge in [0.25, 0.3) is 0 Å². The van der Waals surface area contributed by atoms with E-state index in [9.17, 15) is 0 Å². The summed E-state index contributed by atoms with van der Waals surface area (Å²) in [6.07, 6.45) is 4.33. The van der Waals surface area contributed by atoms with E-state index in [1.807, 2.05) is 13.1 Å². The first-order chi connectivity index (χ1) is 9.20. The smallest absolute Gasteiger partial charge is 0.0405 e. The van der Waals surface area contributed by atoms with Gasteiger partial charge in [0.2, 0.25) is 0 Å². The molecule has 0 atom stereocenters. The van der Waals surface area contributed by atoms with Crippen LogP contribution in [0.25, 0.3) is 5.70 Å². The molecule has 102 valence electrons. The standard InChI is InChI=1S/C16H23N3/c1-12-3-5-13(6-4-12)15(17)11-16(18-2)14-7-9-19-10-8-14/h3-6,11,14,19H,7-10,17H2,1-2H3/b15-11-,18-16?. The summed E-state index contributed by atoms with van der Waals surface area (Å²) in [5, 5.41) is 3.38. The molecule has 2 rings (SSSR count). The van der Waals surface area contributed by atoms with E-state index in [1.54, 1.807) is 0 Å². The van der Waals surface area contributed by atoms with Crippen molar-refractivity contribution < 1.29 is 0 Å². The molecule has 1 saturated heterocycles. The minimum atomic E-state index is 0.537. The molecule has 0 bridgehead atoms. The number of nitrogens with two attached hydrogens (primary N) is 1. The zero-order valence-corrected chi connectivity index (χ0v) is 11.8. The summed E-state index contributed by atoms with van der Waals surface area (Å²) in [4.78, 5) is 4.43. The summed E-state index contributed by atoms with van der Waals surface area (Å²) >= 11 is 0. The molecule has 1 aliphatic heterocycles. The Morgan fingerprint density at radius 3 is 2.47 bits per heavy atom. The lowest BCUT2D eigenvalue weighted by atomic mass is 9.91. The van der Waals surface area contributed by atoms with Gasteiger partial charge in [0, 0.05) is 24.4 Å². The summed E-state index contributed by atoms with van der Waals surface area (Å²) in [5.41, 5.74) is 10.4. The van der Waals surface area contributed by atoms with Crippen molar-refractivity contribution in [3.63, 3.8) is 0 Å². The van der Waals surface area contributed by atoms with Gasteiger partial charge in [-0.05, 0) is 44.5 Å². The summed E-state index contributed by atoms with van der Waals surface area (Å²) in [6.45, 7) is 4.22. The van der Waals surface area contributed by atoms with E-state index < -0.39 is 0 Å². The third-order valence-electron chi connectivity index (χ3n) is 3.70. The topological polar surface area (TPSA) is 50.4 Å². The van der Waals surface area contributed by atoms with Gasteiger partial charge in [0.05, 0.1) is 0 Å². The summed E-state index contributed by atoms with van der Waals surface area (Å²) in [6, 6.07) is 8.31. The first-order valence-corrected chi connectivity index (χ1v) is 6.92. The average molecular weight is 257 g/mol. The zero-order valence-electron chi connectivity index (χ0n) is 11.8. The number of nitrogens with one attached hydrogen (secondary N) is 1. The van der Waals surface area contributed by atoms with E-state index in [0.717, 1.165) is 42.9 Å². The molecule has 0 saturated carbocycles. The normalized spacial score (nSPS) is 18.6. The van der Waals surface area contributed by atoms with Gasteiger partial charge < -0.3 is 11.1 Å². The van der Waals surface area contributed by atoms with Crippen LogP contribution in [-0.2, 0) is 0 Å². The van der Waals surface area contributed by atoms with Gasteiger partial charge in [-0.2, -0.15) is 0 Å². The molecule has 19 heavy (non-hydrogen) atoms. The summed E-state index contributed by atoms with van der Waals surface area (Å²) in [5.74, 6) is 0.537. The minimum Gasteiger partial charge on any atom is -0.398 e. The minimum absolute atomic E-state index is 0.537. The predicted molar refractivity (Wildman–Crippen MR) is 82.3 cm³/mol. The van der Waals surface area contributed by atoms with Crippen molar-refractivity contribution in [3.05, 3.63) is 41.5 Å². The molecule has 3 heteroatoms. The molecule has 3 nitrogen and oxygen atoms in total. The van der Waals surface area contributed by atoms with Crippen LogP contribution in [0.2, 0.25) is 0 Å². The number of benzene rings is 1. The van der Waals surface area contributed by atoms with Crippen LogP contribution in [0.1, 0.15) is 24.0 Å². The van der Waals surface area contributed by atoms with Gasteiger partial charge in [0.1, 0.15) is 0 Å². The van der Waals surface area contributed by atoms with Gasteiger partial charge in [0.15, 0.2) is 0 Å². The maximum absolute atomic E-state index is 6.19. The molecule has 0 radical (unpaired) electrons. The third-order valence-corrected chi connectivity index (χ3v) is 3.70. The number of rotatable bonds is 3. The Bertz CT molecular complexity index is 465. The van der Waals surface area contributed by atoms with Crippen LogP contribution in [0.4, 0.5) is 0 Å². The number of hydrogen-bond acceptors (Lipinski definition) is 3. The number of hydrogen-bond donors (Lipinski definition) is 2. The second kappa shape index (κ2) is 6.53. The fourth-order valence-corrected chi connectivity index (χ4v) is 2.47. The van der Waals surface area contributed by atoms with Crippen LogP contribution in [0.15, 0.2) is 35.3 Å². The lowest BCUT2D eigenvalue weighted by molar-refractivity contribution is 0.457. The van der Waals surface area contributed by atoms with Gasteiger partial charge in [-0.15, -0.1) is 0 Å². The largest absolute Gasteiger partial charge is 0.398 e. The number of aryl methyl sites for hydroxylation is 1. The Hall–Kier alpha value is -1.61. The second-order valence-electron chi connectivity index (χ2n) is 5.14. The van der Waals surface area contributed by atoms with E-state index in [1.165, 1.54) is 5.56 Å². The molecule has 0 aromatic heterocycles. The SMILES string of the molecule is CN=C(/C=C(\N)c1ccc(C)cc1)C1CCNCC1. The number of piperidine rings is 1. The Balaban J connectivity index is 2.15. The zero-order chi connectivity index (χ0) is 13.7. The Kier molecular flexibility index (Phi) is 4.74. The molecule has 1 fully saturated rings. The van der Waals surface area contributed by atoms with Crippen LogP contribution < -0.4 is 11.1 Å². The van der Waals surface area contributed by atoms with Gasteiger partial charge in [-0.3, -0.25) is 4.99 Å². The second-order valence-corrected chi connectivity index (χ2v) is 5.14. The van der Waals surface area contributed by atoms with Crippen LogP contribution in [-0.4, -0.2) is 25.8 Å². The fraction of sp³-hybridized carbons (Fsp3) is 0.438. The Labute approximate surface area is 115 Å². The molecule has 0 unspecified atom stereocenters. The van der Waals surface area contributed by atoms with E-state index in [4.69, 9.17) is 5.73 Å². The molecule has 1 aromatic rings. The number of nitrogens with zero attached hydrogens (tertiary/aromatic N) is 1. The van der Waals surface area contributed by atoms with Crippen molar-refractivity contribution in [3.8, 4) is 0 Å². The highest BCUT2D eigenvalue weighted by Gasteiger charge is 2.17. The highest BCUT2D eigenvalue weighted by molar-refractivity contribution is 6.02. The van der Waals surface area contributed by atoms with Gasteiger partial charge in [-0.25, -0.2) is 0 Å². The highest BCUT2D eigenvalue weighted by Crippen LogP contribution is 2.17. The molecule has 0 aliphatic carbocycles. The number of aliphatic imine (C=N–C) groups is 1. The van der Waals surface area contributed by atoms with E-state index in [0.29, 0.717) is 5.92 Å². The average Bonchev–Trinajstić information content (AvgIpc) is 2.46. The van der Waals surface area contributed by atoms with E-state index >= 15 is 0 Å². The monoisotopic (exact) mass is 257 g/mol. The maximum Gasteiger partial charge on any atom is 0.0405 e. The van der Waals surface area contributed by atoms with Crippen LogP contribution in [0.3, 0.4) is 0 Å². The van der Waals surface area contributed by atoms with Crippen LogP contribution in [0, 0.1) is 12.8 Å². The van der Waals surface area contributed by atoms with Crippen LogP contribution >= 0.6 is 0 Å². The predicted octanol–water partition coefficient (Wildman–Crippen LogP) is 2.37. The highest BCUT2D eigenvalue weighted by atomic mass is 14.9. The van der Waals surface area contributed by atoms with Crippen molar-refractivity contribution in [2.45, 2.75) is 19.8 Å². The molecule has 3 N–H and O–H groups in total. The van der Waals surface area contributed by atoms with Gasteiger partial charge in [-0.1, -0.05) is 29.8 Å². The Morgan fingerprint density at radius 1 is 1.26 bits per heavy atom. The maximum atomic E-state index is 6.19. The van der Waals surface area contributed by atoms with E-state index in [2.05, 4.69) is 41.5 Å². The molecule has 0 spiro atoms. The molecular weight excluding hydrogens is 234 g/mol. The summed E-state index contributed by atoms with van der Waals surface area (Å²) < 4.78 is 0. The van der Waals surface area contributed by atoms with Crippen molar-refractivity contribution in [2.75, 3.05) is 20.1 Å². The lowest BCUT2D eigenvalue weighted by Gasteiger charge is -2.23. The van der Waals surface area contributed by atoms with E-state index in [-0.39, 0.29) is 0 Å². The van der Waals surface area contributed by atoms with Crippen molar-refractivity contribution in [1.82, 2.24) is 5.32 Å². The molecule has 1 aromatic carbocycles. The lowest BCUT2D eigenvalue weighted by Crippen LogP contribution is -2.31.